The van der Waals surface area contributed by atoms with E-state index < -0.39 is 10.0 Å². The highest BCUT2D eigenvalue weighted by Gasteiger charge is 2.18. The lowest BCUT2D eigenvalue weighted by atomic mass is 10.2. The van der Waals surface area contributed by atoms with E-state index >= 15 is 0 Å². The molecule has 1 aromatic heterocycles. The van der Waals surface area contributed by atoms with Crippen LogP contribution in [-0.2, 0) is 23.0 Å². The maximum absolute atomic E-state index is 12.6. The van der Waals surface area contributed by atoms with E-state index in [0.29, 0.717) is 16.0 Å². The smallest absolute Gasteiger partial charge is 0.263 e. The van der Waals surface area contributed by atoms with Crippen molar-refractivity contribution >= 4 is 43.4 Å². The second kappa shape index (κ2) is 7.82. The lowest BCUT2D eigenvalue weighted by Crippen LogP contribution is -2.14. The van der Waals surface area contributed by atoms with Crippen LogP contribution in [0.5, 0.6) is 0 Å². The molecule has 0 radical (unpaired) electrons. The van der Waals surface area contributed by atoms with E-state index in [1.165, 1.54) is 0 Å². The molecule has 0 bridgehead atoms. The largest absolute Gasteiger partial charge is 0.265 e. The molecule has 0 unspecified atom stereocenters. The summed E-state index contributed by atoms with van der Waals surface area (Å²) in [6.45, 7) is 2.52. The van der Waals surface area contributed by atoms with E-state index in [9.17, 15) is 8.42 Å². The van der Waals surface area contributed by atoms with Crippen LogP contribution in [0.25, 0.3) is 0 Å². The number of benzene rings is 2. The number of rotatable bonds is 6. The van der Waals surface area contributed by atoms with Crippen LogP contribution in [0.2, 0.25) is 5.02 Å². The predicted octanol–water partition coefficient (Wildman–Crippen LogP) is 4.71. The standard InChI is InChI=1S/C18H17BrClN3O2S/c1-2-13-5-9-16(10-6-13)26(24,25)22-18-17(19)12-23(21-18)11-14-3-7-15(20)8-4-14/h3-10,12H,2,11H2,1H3,(H,21,22). The first-order valence-corrected chi connectivity index (χ1v) is 10.6. The van der Waals surface area contributed by atoms with Crippen LogP contribution in [-0.4, -0.2) is 18.2 Å². The van der Waals surface area contributed by atoms with Crippen LogP contribution >= 0.6 is 27.5 Å². The minimum Gasteiger partial charge on any atom is -0.265 e. The number of aromatic nitrogens is 2. The highest BCUT2D eigenvalue weighted by molar-refractivity contribution is 9.10. The fourth-order valence-corrected chi connectivity index (χ4v) is 4.10. The number of aryl methyl sites for hydroxylation is 1. The maximum Gasteiger partial charge on any atom is 0.263 e. The monoisotopic (exact) mass is 453 g/mol. The molecule has 0 atom stereocenters. The topological polar surface area (TPSA) is 64.0 Å². The van der Waals surface area contributed by atoms with Gasteiger partial charge in [0.2, 0.25) is 0 Å². The maximum atomic E-state index is 12.6. The molecule has 1 N–H and O–H groups in total. The highest BCUT2D eigenvalue weighted by Crippen LogP contribution is 2.24. The third-order valence-corrected chi connectivity index (χ3v) is 6.03. The summed E-state index contributed by atoms with van der Waals surface area (Å²) in [5, 5.41) is 4.98. The Morgan fingerprint density at radius 2 is 1.69 bits per heavy atom. The van der Waals surface area contributed by atoms with E-state index in [1.54, 1.807) is 35.1 Å². The van der Waals surface area contributed by atoms with Gasteiger partial charge in [0, 0.05) is 11.2 Å². The minimum atomic E-state index is -3.70. The zero-order valence-electron chi connectivity index (χ0n) is 14.0. The van der Waals surface area contributed by atoms with Gasteiger partial charge >= 0.3 is 0 Å². The summed E-state index contributed by atoms with van der Waals surface area (Å²) in [7, 11) is -3.70. The average Bonchev–Trinajstić information content (AvgIpc) is 2.95. The Kier molecular flexibility index (Phi) is 5.70. The van der Waals surface area contributed by atoms with E-state index in [2.05, 4.69) is 25.8 Å². The number of sulfonamides is 1. The molecule has 26 heavy (non-hydrogen) atoms. The summed E-state index contributed by atoms with van der Waals surface area (Å²) in [4.78, 5) is 0.203. The van der Waals surface area contributed by atoms with Crippen LogP contribution in [0, 0.1) is 0 Å². The second-order valence-electron chi connectivity index (χ2n) is 5.75. The molecule has 0 fully saturated rings. The molecule has 0 saturated carbocycles. The van der Waals surface area contributed by atoms with Crippen LogP contribution in [0.3, 0.4) is 0 Å². The molecular formula is C18H17BrClN3O2S. The van der Waals surface area contributed by atoms with Gasteiger partial charge in [0.1, 0.15) is 0 Å². The number of hydrogen-bond acceptors (Lipinski definition) is 3. The molecule has 3 rings (SSSR count). The van der Waals surface area contributed by atoms with Gasteiger partial charge in [0.25, 0.3) is 10.0 Å². The Hall–Kier alpha value is -1.83. The van der Waals surface area contributed by atoms with Crippen LogP contribution in [0.15, 0.2) is 64.1 Å². The fourth-order valence-electron chi connectivity index (χ4n) is 2.41. The van der Waals surface area contributed by atoms with Gasteiger partial charge in [0.15, 0.2) is 5.82 Å². The van der Waals surface area contributed by atoms with E-state index in [0.717, 1.165) is 17.5 Å². The molecule has 8 heteroatoms. The van der Waals surface area contributed by atoms with Crippen molar-refractivity contribution in [2.45, 2.75) is 24.8 Å². The number of nitrogens with zero attached hydrogens (tertiary/aromatic N) is 2. The molecule has 0 aliphatic heterocycles. The molecule has 0 spiro atoms. The van der Waals surface area contributed by atoms with E-state index in [1.807, 2.05) is 31.2 Å². The summed E-state index contributed by atoms with van der Waals surface area (Å²) < 4.78 is 29.9. The molecule has 0 aliphatic carbocycles. The number of halogens is 2. The van der Waals surface area contributed by atoms with Gasteiger partial charge in [0.05, 0.1) is 15.9 Å². The molecule has 136 valence electrons. The van der Waals surface area contributed by atoms with Gasteiger partial charge in [-0.2, -0.15) is 5.10 Å². The molecule has 5 nitrogen and oxygen atoms in total. The summed E-state index contributed by atoms with van der Waals surface area (Å²) >= 11 is 9.25. The SMILES string of the molecule is CCc1ccc(S(=O)(=O)Nc2nn(Cc3ccc(Cl)cc3)cc2Br)cc1. The van der Waals surface area contributed by atoms with Crippen molar-refractivity contribution in [2.24, 2.45) is 0 Å². The summed E-state index contributed by atoms with van der Waals surface area (Å²) in [6, 6.07) is 14.2. The Bertz CT molecular complexity index is 1000. The van der Waals surface area contributed by atoms with Crippen LogP contribution in [0.4, 0.5) is 5.82 Å². The number of anilines is 1. The van der Waals surface area contributed by atoms with Crippen molar-refractivity contribution in [1.29, 1.82) is 0 Å². The van der Waals surface area contributed by atoms with Crippen LogP contribution < -0.4 is 4.72 Å². The zero-order chi connectivity index (χ0) is 18.7. The van der Waals surface area contributed by atoms with Crippen molar-refractivity contribution in [1.82, 2.24) is 9.78 Å². The van der Waals surface area contributed by atoms with E-state index in [4.69, 9.17) is 11.6 Å². The molecule has 0 aliphatic rings. The second-order valence-corrected chi connectivity index (χ2v) is 8.73. The third-order valence-electron chi connectivity index (χ3n) is 3.85. The van der Waals surface area contributed by atoms with E-state index in [-0.39, 0.29) is 10.7 Å². The molecule has 1 heterocycles. The Morgan fingerprint density at radius 1 is 1.08 bits per heavy atom. The summed E-state index contributed by atoms with van der Waals surface area (Å²) in [5.74, 6) is 0.249. The summed E-state index contributed by atoms with van der Waals surface area (Å²) in [6.07, 6.45) is 2.58. The number of hydrogen-bond donors (Lipinski definition) is 1. The van der Waals surface area contributed by atoms with Crippen molar-refractivity contribution in [3.63, 3.8) is 0 Å². The highest BCUT2D eigenvalue weighted by atomic mass is 79.9. The fraction of sp³-hybridized carbons (Fsp3) is 0.167. The first kappa shape index (κ1) is 18.9. The Morgan fingerprint density at radius 3 is 2.31 bits per heavy atom. The molecule has 0 saturated heterocycles. The average molecular weight is 455 g/mol. The Balaban J connectivity index is 1.78. The quantitative estimate of drug-likeness (QED) is 0.586. The first-order valence-electron chi connectivity index (χ1n) is 7.96. The first-order chi connectivity index (χ1) is 12.4. The predicted molar refractivity (Wildman–Crippen MR) is 107 cm³/mol. The molecule has 2 aromatic carbocycles. The van der Waals surface area contributed by atoms with Crippen LogP contribution in [0.1, 0.15) is 18.1 Å². The lowest BCUT2D eigenvalue weighted by Gasteiger charge is -2.07. The van der Waals surface area contributed by atoms with Gasteiger partial charge < -0.3 is 0 Å². The van der Waals surface area contributed by atoms with Gasteiger partial charge in [-0.15, -0.1) is 0 Å². The molecule has 3 aromatic rings. The summed E-state index contributed by atoms with van der Waals surface area (Å²) in [5.41, 5.74) is 2.09. The molecule has 0 amide bonds. The van der Waals surface area contributed by atoms with Gasteiger partial charge in [-0.1, -0.05) is 42.8 Å². The van der Waals surface area contributed by atoms with Crippen molar-refractivity contribution in [3.05, 3.63) is 75.4 Å². The van der Waals surface area contributed by atoms with Crippen molar-refractivity contribution in [3.8, 4) is 0 Å². The van der Waals surface area contributed by atoms with Gasteiger partial charge in [-0.25, -0.2) is 8.42 Å². The molecular weight excluding hydrogens is 438 g/mol. The normalized spacial score (nSPS) is 11.5. The van der Waals surface area contributed by atoms with Gasteiger partial charge in [-0.3, -0.25) is 9.40 Å². The lowest BCUT2D eigenvalue weighted by molar-refractivity contribution is 0.600. The zero-order valence-corrected chi connectivity index (χ0v) is 17.1. The number of nitrogens with one attached hydrogen (secondary N) is 1. The van der Waals surface area contributed by atoms with Crippen molar-refractivity contribution in [2.75, 3.05) is 4.72 Å². The van der Waals surface area contributed by atoms with Crippen molar-refractivity contribution < 1.29 is 8.42 Å². The third kappa shape index (κ3) is 4.47. The minimum absolute atomic E-state index is 0.203. The van der Waals surface area contributed by atoms with Gasteiger partial charge in [-0.05, 0) is 57.7 Å². The Labute approximate surface area is 166 Å².